The summed E-state index contributed by atoms with van der Waals surface area (Å²) in [6.45, 7) is 4.31. The van der Waals surface area contributed by atoms with E-state index in [9.17, 15) is 19.2 Å². The minimum Gasteiger partial charge on any atom is -0.467 e. The molecule has 0 unspecified atom stereocenters. The van der Waals surface area contributed by atoms with E-state index < -0.39 is 23.4 Å². The van der Waals surface area contributed by atoms with Gasteiger partial charge < -0.3 is 24.4 Å². The van der Waals surface area contributed by atoms with Crippen LogP contribution in [0.5, 0.6) is 17.2 Å². The quantitative estimate of drug-likeness (QED) is 0.330. The Morgan fingerprint density at radius 1 is 0.919 bits per heavy atom. The van der Waals surface area contributed by atoms with Crippen LogP contribution in [-0.4, -0.2) is 60.7 Å². The Bertz CT molecular complexity index is 1110. The molecule has 0 radical (unpaired) electrons. The van der Waals surface area contributed by atoms with Crippen LogP contribution in [0.25, 0.3) is 0 Å². The molecular formula is C26H30N4O7. The van der Waals surface area contributed by atoms with E-state index >= 15 is 0 Å². The molecule has 2 aliphatic heterocycles. The van der Waals surface area contributed by atoms with Crippen LogP contribution >= 0.6 is 0 Å². The lowest BCUT2D eigenvalue weighted by molar-refractivity contribution is -0.153. The first-order chi connectivity index (χ1) is 17.9. The molecule has 0 spiro atoms. The summed E-state index contributed by atoms with van der Waals surface area (Å²) >= 11 is 0. The number of nitrogens with zero attached hydrogens (tertiary/aromatic N) is 1. The highest BCUT2D eigenvalue weighted by atomic mass is 16.5. The van der Waals surface area contributed by atoms with Crippen molar-refractivity contribution in [3.63, 3.8) is 0 Å². The number of ether oxygens (including phenoxy) is 3. The highest BCUT2D eigenvalue weighted by Gasteiger charge is 2.52. The molecule has 37 heavy (non-hydrogen) atoms. The normalized spacial score (nSPS) is 16.7. The maximum Gasteiger partial charge on any atom is 0.328 e. The fraction of sp³-hybridized carbons (Fsp3) is 0.385. The van der Waals surface area contributed by atoms with Crippen molar-refractivity contribution in [1.29, 1.82) is 0 Å². The molecule has 2 aromatic carbocycles. The first-order valence-electron chi connectivity index (χ1n) is 12.2. The van der Waals surface area contributed by atoms with Crippen molar-refractivity contribution >= 4 is 23.9 Å². The van der Waals surface area contributed by atoms with Crippen molar-refractivity contribution in [2.24, 2.45) is 0 Å². The van der Waals surface area contributed by atoms with Crippen LogP contribution in [0.4, 0.5) is 9.59 Å². The number of carbonyl (C=O) groups excluding carboxylic acids is 4. The van der Waals surface area contributed by atoms with Gasteiger partial charge in [0.1, 0.15) is 17.2 Å². The maximum absolute atomic E-state index is 12.6. The average Bonchev–Trinajstić information content (AvgIpc) is 3.43. The van der Waals surface area contributed by atoms with E-state index in [0.29, 0.717) is 24.7 Å². The molecule has 0 saturated carbocycles. The van der Waals surface area contributed by atoms with Crippen molar-refractivity contribution < 1.29 is 33.4 Å². The second-order valence-electron chi connectivity index (χ2n) is 8.68. The third-order valence-electron chi connectivity index (χ3n) is 6.10. The Kier molecular flexibility index (Phi) is 8.24. The SMILES string of the molecule is CCOCCC1(Oc2ccc(Oc3ccc(CNC(=O)N4CCCC4)cc3)cc2)C(=O)NC(=O)NC1=O. The lowest BCUT2D eigenvalue weighted by Crippen LogP contribution is -2.69. The number of benzene rings is 2. The number of carbonyl (C=O) groups is 4. The van der Waals surface area contributed by atoms with E-state index in [1.54, 1.807) is 43.3 Å². The maximum atomic E-state index is 12.6. The van der Waals surface area contributed by atoms with Gasteiger partial charge in [-0.3, -0.25) is 20.2 Å². The third-order valence-corrected chi connectivity index (χ3v) is 6.10. The zero-order valence-corrected chi connectivity index (χ0v) is 20.6. The molecule has 0 aromatic heterocycles. The van der Waals surface area contributed by atoms with Gasteiger partial charge >= 0.3 is 12.1 Å². The van der Waals surface area contributed by atoms with Crippen molar-refractivity contribution in [3.05, 3.63) is 54.1 Å². The van der Waals surface area contributed by atoms with E-state index in [-0.39, 0.29) is 24.8 Å². The minimum absolute atomic E-state index is 0.0467. The lowest BCUT2D eigenvalue weighted by Gasteiger charge is -2.34. The zero-order valence-electron chi connectivity index (χ0n) is 20.6. The Labute approximate surface area is 214 Å². The van der Waals surface area contributed by atoms with E-state index in [2.05, 4.69) is 16.0 Å². The van der Waals surface area contributed by atoms with Crippen LogP contribution in [0.2, 0.25) is 0 Å². The number of urea groups is 2. The van der Waals surface area contributed by atoms with Crippen molar-refractivity contribution in [2.75, 3.05) is 26.3 Å². The Morgan fingerprint density at radius 3 is 2.08 bits per heavy atom. The van der Waals surface area contributed by atoms with Crippen LogP contribution in [0.3, 0.4) is 0 Å². The smallest absolute Gasteiger partial charge is 0.328 e. The second kappa shape index (κ2) is 11.7. The van der Waals surface area contributed by atoms with Crippen molar-refractivity contribution in [3.8, 4) is 17.2 Å². The van der Waals surface area contributed by atoms with Gasteiger partial charge in [-0.25, -0.2) is 9.59 Å². The van der Waals surface area contributed by atoms with Gasteiger partial charge in [-0.05, 0) is 61.7 Å². The van der Waals surface area contributed by atoms with Gasteiger partial charge in [-0.2, -0.15) is 0 Å². The van der Waals surface area contributed by atoms with Gasteiger partial charge in [-0.15, -0.1) is 0 Å². The highest BCUT2D eigenvalue weighted by Crippen LogP contribution is 2.28. The zero-order chi connectivity index (χ0) is 26.3. The van der Waals surface area contributed by atoms with Crippen LogP contribution < -0.4 is 25.4 Å². The van der Waals surface area contributed by atoms with Crippen LogP contribution in [0.1, 0.15) is 31.7 Å². The number of hydrogen-bond donors (Lipinski definition) is 3. The number of nitrogens with one attached hydrogen (secondary N) is 3. The van der Waals surface area contributed by atoms with E-state index in [1.165, 1.54) is 0 Å². The summed E-state index contributed by atoms with van der Waals surface area (Å²) < 4.78 is 17.0. The number of barbiturate groups is 1. The van der Waals surface area contributed by atoms with Crippen molar-refractivity contribution in [2.45, 2.75) is 38.3 Å². The molecule has 0 aliphatic carbocycles. The summed E-state index contributed by atoms with van der Waals surface area (Å²) in [7, 11) is 0. The molecule has 0 bridgehead atoms. The van der Waals surface area contributed by atoms with Crippen LogP contribution in [0.15, 0.2) is 48.5 Å². The molecule has 11 nitrogen and oxygen atoms in total. The highest BCUT2D eigenvalue weighted by molar-refractivity contribution is 6.21. The number of amides is 6. The molecule has 2 heterocycles. The summed E-state index contributed by atoms with van der Waals surface area (Å²) in [5.41, 5.74) is -0.991. The van der Waals surface area contributed by atoms with E-state index in [0.717, 1.165) is 31.5 Å². The molecule has 11 heteroatoms. The molecule has 6 amide bonds. The lowest BCUT2D eigenvalue weighted by atomic mass is 9.95. The Morgan fingerprint density at radius 2 is 1.49 bits per heavy atom. The van der Waals surface area contributed by atoms with Crippen LogP contribution in [-0.2, 0) is 20.9 Å². The largest absolute Gasteiger partial charge is 0.467 e. The summed E-state index contributed by atoms with van der Waals surface area (Å²) in [5.74, 6) is -0.344. The van der Waals surface area contributed by atoms with Crippen molar-refractivity contribution in [1.82, 2.24) is 20.9 Å². The molecule has 3 N–H and O–H groups in total. The van der Waals surface area contributed by atoms with E-state index in [1.807, 2.05) is 17.0 Å². The predicted octanol–water partition coefficient (Wildman–Crippen LogP) is 2.69. The number of rotatable bonds is 10. The molecule has 2 aromatic rings. The fourth-order valence-electron chi connectivity index (χ4n) is 4.07. The van der Waals surface area contributed by atoms with Gasteiger partial charge in [0, 0.05) is 32.7 Å². The molecular weight excluding hydrogens is 480 g/mol. The summed E-state index contributed by atoms with van der Waals surface area (Å²) in [6.07, 6.45) is 2.02. The molecule has 4 rings (SSSR count). The monoisotopic (exact) mass is 510 g/mol. The molecule has 196 valence electrons. The first-order valence-corrected chi connectivity index (χ1v) is 12.2. The molecule has 2 aliphatic rings. The number of imide groups is 2. The minimum atomic E-state index is -1.94. The van der Waals surface area contributed by atoms with Gasteiger partial charge in [0.05, 0.1) is 6.61 Å². The Hall–Kier alpha value is -4.12. The molecule has 2 fully saturated rings. The van der Waals surface area contributed by atoms with Gasteiger partial charge in [0.15, 0.2) is 0 Å². The molecule has 2 saturated heterocycles. The average molecular weight is 511 g/mol. The predicted molar refractivity (Wildman–Crippen MR) is 132 cm³/mol. The number of hydrogen-bond acceptors (Lipinski definition) is 7. The summed E-state index contributed by atoms with van der Waals surface area (Å²) in [5, 5.41) is 7.10. The topological polar surface area (TPSA) is 135 Å². The molecule has 0 atom stereocenters. The third kappa shape index (κ3) is 6.36. The standard InChI is InChI=1S/C26H30N4O7/c1-2-35-16-13-26(22(31)28-24(33)29-23(26)32)37-21-11-9-20(10-12-21)36-19-7-5-18(6-8-19)17-27-25(34)30-14-3-4-15-30/h5-12H,2-4,13-17H2,1H3,(H,27,34)(H2,28,29,31,32,33). The summed E-state index contributed by atoms with van der Waals surface area (Å²) in [6, 6.07) is 12.8. The van der Waals surface area contributed by atoms with E-state index in [4.69, 9.17) is 14.2 Å². The van der Waals surface area contributed by atoms with Gasteiger partial charge in [-0.1, -0.05) is 12.1 Å². The number of likely N-dealkylation sites (tertiary alicyclic amines) is 1. The van der Waals surface area contributed by atoms with Crippen LogP contribution in [0, 0.1) is 0 Å². The van der Waals surface area contributed by atoms with Gasteiger partial charge in [0.25, 0.3) is 17.4 Å². The summed E-state index contributed by atoms with van der Waals surface area (Å²) in [4.78, 5) is 50.7. The fourth-order valence-corrected chi connectivity index (χ4v) is 4.07. The first kappa shape index (κ1) is 26.0. The second-order valence-corrected chi connectivity index (χ2v) is 8.68. The van der Waals surface area contributed by atoms with Gasteiger partial charge in [0.2, 0.25) is 0 Å². The Balaban J connectivity index is 1.35.